The third kappa shape index (κ3) is 3.56. The van der Waals surface area contributed by atoms with Crippen molar-refractivity contribution in [1.82, 2.24) is 14.8 Å². The lowest BCUT2D eigenvalue weighted by Gasteiger charge is -2.38. The van der Waals surface area contributed by atoms with Gasteiger partial charge in [-0.2, -0.15) is 0 Å². The quantitative estimate of drug-likeness (QED) is 0.863. The summed E-state index contributed by atoms with van der Waals surface area (Å²) in [6.07, 6.45) is 0.993. The van der Waals surface area contributed by atoms with Crippen LogP contribution in [0.4, 0.5) is 5.13 Å². The van der Waals surface area contributed by atoms with Crippen molar-refractivity contribution in [3.8, 4) is 0 Å². The first-order chi connectivity index (χ1) is 13.4. The van der Waals surface area contributed by atoms with Crippen molar-refractivity contribution < 1.29 is 9.59 Å². The van der Waals surface area contributed by atoms with Crippen molar-refractivity contribution in [2.24, 2.45) is 5.92 Å². The van der Waals surface area contributed by atoms with E-state index in [0.29, 0.717) is 33.6 Å². The number of hydrogen-bond acceptors (Lipinski definition) is 5. The lowest BCUT2D eigenvalue weighted by molar-refractivity contribution is -0.114. The van der Waals surface area contributed by atoms with Crippen LogP contribution in [0.3, 0.4) is 0 Å². The molecule has 2 aliphatic rings. The third-order valence-corrected chi connectivity index (χ3v) is 7.04. The summed E-state index contributed by atoms with van der Waals surface area (Å²) < 4.78 is 0. The van der Waals surface area contributed by atoms with Crippen LogP contribution in [-0.2, 0) is 4.79 Å². The number of nitrogens with one attached hydrogen (secondary N) is 1. The number of likely N-dealkylation sites (tertiary alicyclic amines) is 2. The minimum Gasteiger partial charge on any atom is -0.337 e. The van der Waals surface area contributed by atoms with E-state index in [2.05, 4.69) is 52.6 Å². The van der Waals surface area contributed by atoms with E-state index in [1.54, 1.807) is 0 Å². The molecule has 3 atom stereocenters. The Labute approximate surface area is 169 Å². The van der Waals surface area contributed by atoms with E-state index in [0.717, 1.165) is 26.1 Å². The Morgan fingerprint density at radius 3 is 2.68 bits per heavy atom. The summed E-state index contributed by atoms with van der Waals surface area (Å²) in [6.45, 7) is 5.84. The number of carbonyl (C=O) groups is 2. The molecule has 0 aliphatic carbocycles. The number of likely N-dealkylation sites (N-methyl/N-ethyl adjacent to an activating group) is 1. The van der Waals surface area contributed by atoms with Gasteiger partial charge in [0.05, 0.1) is 5.69 Å². The van der Waals surface area contributed by atoms with Gasteiger partial charge < -0.3 is 15.1 Å². The number of nitrogens with zero attached hydrogens (tertiary/aromatic N) is 3. The number of carbonyl (C=O) groups excluding carboxylic acids is 2. The van der Waals surface area contributed by atoms with Gasteiger partial charge in [0, 0.05) is 44.4 Å². The lowest BCUT2D eigenvalue weighted by atomic mass is 9.82. The number of anilines is 1. The Morgan fingerprint density at radius 1 is 1.21 bits per heavy atom. The molecular formula is C21H26N4O2S. The Balaban J connectivity index is 1.54. The van der Waals surface area contributed by atoms with Crippen LogP contribution in [0.25, 0.3) is 0 Å². The molecule has 148 valence electrons. The molecule has 0 bridgehead atoms. The van der Waals surface area contributed by atoms with Crippen molar-refractivity contribution in [1.29, 1.82) is 0 Å². The Hall–Kier alpha value is -2.25. The standard InChI is InChI=1S/C21H26N4O2S/c1-13-19(28-21(22-13)23-14(2)26)20(27)25-10-9-18-17(12-25)16(11-24(18)3)15-7-5-4-6-8-15/h4-8,16-18H,9-12H2,1-3H3,(H,22,23,26)/t16-,17-,18-/m1/s1. The summed E-state index contributed by atoms with van der Waals surface area (Å²) in [4.78, 5) is 33.9. The maximum atomic E-state index is 13.2. The van der Waals surface area contributed by atoms with Crippen LogP contribution in [0.2, 0.25) is 0 Å². The topological polar surface area (TPSA) is 65.5 Å². The highest BCUT2D eigenvalue weighted by atomic mass is 32.1. The van der Waals surface area contributed by atoms with Crippen LogP contribution >= 0.6 is 11.3 Å². The highest BCUT2D eigenvalue weighted by Crippen LogP contribution is 2.41. The molecule has 1 aromatic heterocycles. The molecule has 2 amide bonds. The van der Waals surface area contributed by atoms with E-state index in [9.17, 15) is 9.59 Å². The summed E-state index contributed by atoms with van der Waals surface area (Å²) in [5.41, 5.74) is 2.04. The summed E-state index contributed by atoms with van der Waals surface area (Å²) >= 11 is 1.27. The molecule has 7 heteroatoms. The molecule has 4 rings (SSSR count). The first-order valence-electron chi connectivity index (χ1n) is 9.73. The molecule has 2 aliphatic heterocycles. The molecular weight excluding hydrogens is 372 g/mol. The molecule has 3 heterocycles. The van der Waals surface area contributed by atoms with Crippen LogP contribution in [0.15, 0.2) is 30.3 Å². The number of benzene rings is 1. The van der Waals surface area contributed by atoms with Crippen LogP contribution in [0.5, 0.6) is 0 Å². The molecule has 0 spiro atoms. The molecule has 2 fully saturated rings. The zero-order valence-corrected chi connectivity index (χ0v) is 17.3. The zero-order chi connectivity index (χ0) is 19.8. The van der Waals surface area contributed by atoms with Crippen molar-refractivity contribution >= 4 is 28.3 Å². The number of aromatic nitrogens is 1. The van der Waals surface area contributed by atoms with Crippen molar-refractivity contribution in [3.63, 3.8) is 0 Å². The third-order valence-electron chi connectivity index (χ3n) is 5.98. The van der Waals surface area contributed by atoms with Gasteiger partial charge in [-0.3, -0.25) is 9.59 Å². The monoisotopic (exact) mass is 398 g/mol. The second-order valence-corrected chi connectivity index (χ2v) is 8.84. The van der Waals surface area contributed by atoms with E-state index in [-0.39, 0.29) is 11.8 Å². The summed E-state index contributed by atoms with van der Waals surface area (Å²) in [7, 11) is 2.20. The maximum Gasteiger partial charge on any atom is 0.265 e. The molecule has 0 unspecified atom stereocenters. The number of hydrogen-bond donors (Lipinski definition) is 1. The fraction of sp³-hybridized carbons (Fsp3) is 0.476. The summed E-state index contributed by atoms with van der Waals surface area (Å²) in [6, 6.07) is 11.2. The maximum absolute atomic E-state index is 13.2. The number of rotatable bonds is 3. The predicted octanol–water partition coefficient (Wildman–Crippen LogP) is 2.97. The molecule has 0 radical (unpaired) electrons. The fourth-order valence-corrected chi connectivity index (χ4v) is 5.65. The van der Waals surface area contributed by atoms with E-state index in [1.807, 2.05) is 11.8 Å². The number of piperidine rings is 1. The van der Waals surface area contributed by atoms with E-state index in [4.69, 9.17) is 0 Å². The van der Waals surface area contributed by atoms with Crippen LogP contribution < -0.4 is 5.32 Å². The Bertz CT molecular complexity index is 882. The number of aryl methyl sites for hydroxylation is 1. The van der Waals surface area contributed by atoms with E-state index < -0.39 is 0 Å². The van der Waals surface area contributed by atoms with E-state index >= 15 is 0 Å². The molecule has 2 aromatic rings. The van der Waals surface area contributed by atoms with Gasteiger partial charge >= 0.3 is 0 Å². The molecule has 0 saturated carbocycles. The number of amides is 2. The number of fused-ring (bicyclic) bond motifs is 1. The van der Waals surface area contributed by atoms with Gasteiger partial charge in [-0.05, 0) is 26.0 Å². The largest absolute Gasteiger partial charge is 0.337 e. The van der Waals surface area contributed by atoms with Gasteiger partial charge in [-0.25, -0.2) is 4.98 Å². The van der Waals surface area contributed by atoms with Crippen molar-refractivity contribution in [3.05, 3.63) is 46.5 Å². The second kappa shape index (κ2) is 7.64. The minimum absolute atomic E-state index is 0.0337. The Morgan fingerprint density at radius 2 is 1.96 bits per heavy atom. The molecule has 6 nitrogen and oxygen atoms in total. The molecule has 2 saturated heterocycles. The van der Waals surface area contributed by atoms with Crippen molar-refractivity contribution in [2.45, 2.75) is 32.2 Å². The van der Waals surface area contributed by atoms with Gasteiger partial charge in [0.2, 0.25) is 5.91 Å². The smallest absolute Gasteiger partial charge is 0.265 e. The van der Waals surface area contributed by atoms with Crippen LogP contribution in [0, 0.1) is 12.8 Å². The van der Waals surface area contributed by atoms with Gasteiger partial charge in [0.25, 0.3) is 5.91 Å². The highest BCUT2D eigenvalue weighted by molar-refractivity contribution is 7.17. The fourth-order valence-electron chi connectivity index (χ4n) is 4.67. The average molecular weight is 399 g/mol. The Kier molecular flexibility index (Phi) is 5.21. The summed E-state index contributed by atoms with van der Waals surface area (Å²) in [5.74, 6) is 0.747. The lowest BCUT2D eigenvalue weighted by Crippen LogP contribution is -2.48. The average Bonchev–Trinajstić information content (AvgIpc) is 3.20. The zero-order valence-electron chi connectivity index (χ0n) is 16.5. The van der Waals surface area contributed by atoms with Crippen molar-refractivity contribution in [2.75, 3.05) is 32.0 Å². The molecule has 1 N–H and O–H groups in total. The second-order valence-electron chi connectivity index (χ2n) is 7.84. The summed E-state index contributed by atoms with van der Waals surface area (Å²) in [5, 5.41) is 3.18. The van der Waals surface area contributed by atoms with Crippen LogP contribution in [0.1, 0.15) is 40.2 Å². The SMILES string of the molecule is CC(=O)Nc1nc(C)c(C(=O)N2CC[C@@H]3[C@H](C2)[C@@H](c2ccccc2)CN3C)s1. The van der Waals surface area contributed by atoms with Gasteiger partial charge in [0.15, 0.2) is 5.13 Å². The van der Waals surface area contributed by atoms with Gasteiger partial charge in [-0.15, -0.1) is 0 Å². The van der Waals surface area contributed by atoms with E-state index in [1.165, 1.54) is 23.8 Å². The minimum atomic E-state index is -0.173. The molecule has 28 heavy (non-hydrogen) atoms. The van der Waals surface area contributed by atoms with Crippen LogP contribution in [-0.4, -0.2) is 59.3 Å². The van der Waals surface area contributed by atoms with Gasteiger partial charge in [0.1, 0.15) is 4.88 Å². The normalized spacial score (nSPS) is 24.8. The predicted molar refractivity (Wildman–Crippen MR) is 111 cm³/mol. The van der Waals surface area contributed by atoms with Gasteiger partial charge in [-0.1, -0.05) is 41.7 Å². The molecule has 1 aromatic carbocycles. The highest BCUT2D eigenvalue weighted by Gasteiger charge is 2.44. The first kappa shape index (κ1) is 19.1. The number of thiazole rings is 1. The first-order valence-corrected chi connectivity index (χ1v) is 10.5.